The van der Waals surface area contributed by atoms with Crippen molar-refractivity contribution >= 4 is 5.97 Å². The van der Waals surface area contributed by atoms with Gasteiger partial charge < -0.3 is 14.7 Å². The standard InChI is InChI=1S/C21H25N3O3/c1-23-9-7-16-11-24(13-19(16)23)12-17-10-15(18-4-2-3-8-22-18)5-6-20(17)27-14-21(25)26/h2-6,8,10,16,19H,7,9,11-14H2,1H3,(H,25,26)/t16-,19+/m0/s1. The molecule has 1 aromatic carbocycles. The average molecular weight is 367 g/mol. The summed E-state index contributed by atoms with van der Waals surface area (Å²) < 4.78 is 5.56. The Balaban J connectivity index is 1.57. The van der Waals surface area contributed by atoms with Crippen LogP contribution in [0.5, 0.6) is 5.75 Å². The Morgan fingerprint density at radius 2 is 2.19 bits per heavy atom. The Hall–Kier alpha value is -2.44. The minimum atomic E-state index is -0.966. The summed E-state index contributed by atoms with van der Waals surface area (Å²) in [6.45, 7) is 3.75. The number of fused-ring (bicyclic) bond motifs is 1. The highest BCUT2D eigenvalue weighted by Gasteiger charge is 2.39. The Bertz CT molecular complexity index is 812. The fourth-order valence-electron chi connectivity index (χ4n) is 4.31. The van der Waals surface area contributed by atoms with E-state index in [9.17, 15) is 4.79 Å². The number of nitrogens with zero attached hydrogens (tertiary/aromatic N) is 3. The van der Waals surface area contributed by atoms with Crippen LogP contribution in [0.3, 0.4) is 0 Å². The van der Waals surface area contributed by atoms with Crippen molar-refractivity contribution in [3.63, 3.8) is 0 Å². The van der Waals surface area contributed by atoms with Gasteiger partial charge in [0, 0.05) is 43.0 Å². The number of hydrogen-bond acceptors (Lipinski definition) is 5. The van der Waals surface area contributed by atoms with E-state index in [1.54, 1.807) is 6.20 Å². The third-order valence-corrected chi connectivity index (χ3v) is 5.67. The number of rotatable bonds is 6. The van der Waals surface area contributed by atoms with Crippen LogP contribution in [0.25, 0.3) is 11.3 Å². The van der Waals surface area contributed by atoms with E-state index in [0.717, 1.165) is 42.4 Å². The first-order valence-corrected chi connectivity index (χ1v) is 9.41. The lowest BCUT2D eigenvalue weighted by Crippen LogP contribution is -2.32. The summed E-state index contributed by atoms with van der Waals surface area (Å²) in [5, 5.41) is 8.97. The first kappa shape index (κ1) is 17.9. The highest BCUT2D eigenvalue weighted by molar-refractivity contribution is 5.69. The van der Waals surface area contributed by atoms with Gasteiger partial charge in [-0.3, -0.25) is 9.88 Å². The van der Waals surface area contributed by atoms with Crippen LogP contribution in [-0.4, -0.2) is 65.2 Å². The summed E-state index contributed by atoms with van der Waals surface area (Å²) >= 11 is 0. The number of pyridine rings is 1. The smallest absolute Gasteiger partial charge is 0.341 e. The molecule has 2 atom stereocenters. The topological polar surface area (TPSA) is 65.9 Å². The van der Waals surface area contributed by atoms with Crippen LogP contribution < -0.4 is 4.74 Å². The Morgan fingerprint density at radius 1 is 1.30 bits per heavy atom. The van der Waals surface area contributed by atoms with Gasteiger partial charge in [-0.15, -0.1) is 0 Å². The van der Waals surface area contributed by atoms with Gasteiger partial charge in [-0.25, -0.2) is 4.79 Å². The molecule has 142 valence electrons. The fourth-order valence-corrected chi connectivity index (χ4v) is 4.31. The summed E-state index contributed by atoms with van der Waals surface area (Å²) in [5.74, 6) is 0.409. The summed E-state index contributed by atoms with van der Waals surface area (Å²) in [5.41, 5.74) is 2.94. The summed E-state index contributed by atoms with van der Waals surface area (Å²) in [4.78, 5) is 20.3. The zero-order valence-electron chi connectivity index (χ0n) is 15.5. The fraction of sp³-hybridized carbons (Fsp3) is 0.429. The maximum absolute atomic E-state index is 10.9. The zero-order chi connectivity index (χ0) is 18.8. The van der Waals surface area contributed by atoms with Crippen molar-refractivity contribution in [2.45, 2.75) is 19.0 Å². The lowest BCUT2D eigenvalue weighted by atomic mass is 10.1. The van der Waals surface area contributed by atoms with Crippen LogP contribution in [0.4, 0.5) is 0 Å². The molecule has 6 heteroatoms. The van der Waals surface area contributed by atoms with Crippen molar-refractivity contribution in [3.05, 3.63) is 48.2 Å². The Morgan fingerprint density at radius 3 is 2.93 bits per heavy atom. The van der Waals surface area contributed by atoms with E-state index >= 15 is 0 Å². The van der Waals surface area contributed by atoms with Crippen LogP contribution in [0.15, 0.2) is 42.6 Å². The number of carboxylic acids is 1. The molecule has 4 rings (SSSR count). The number of ether oxygens (including phenoxy) is 1. The van der Waals surface area contributed by atoms with Crippen molar-refractivity contribution in [2.75, 3.05) is 33.3 Å². The number of carboxylic acid groups (broad SMARTS) is 1. The van der Waals surface area contributed by atoms with E-state index in [-0.39, 0.29) is 6.61 Å². The molecule has 2 aliphatic heterocycles. The van der Waals surface area contributed by atoms with Crippen LogP contribution in [-0.2, 0) is 11.3 Å². The molecular formula is C21H25N3O3. The van der Waals surface area contributed by atoms with Crippen LogP contribution >= 0.6 is 0 Å². The van der Waals surface area contributed by atoms with Crippen molar-refractivity contribution in [2.24, 2.45) is 5.92 Å². The van der Waals surface area contributed by atoms with Crippen molar-refractivity contribution in [3.8, 4) is 17.0 Å². The Kier molecular flexibility index (Phi) is 5.09. The Labute approximate surface area is 159 Å². The van der Waals surface area contributed by atoms with Crippen LogP contribution in [0.1, 0.15) is 12.0 Å². The predicted octanol–water partition coefficient (Wildman–Crippen LogP) is 2.35. The second kappa shape index (κ2) is 7.66. The molecule has 0 unspecified atom stereocenters. The minimum absolute atomic E-state index is 0.329. The number of likely N-dealkylation sites (N-methyl/N-ethyl adjacent to an activating group) is 1. The summed E-state index contributed by atoms with van der Waals surface area (Å²) in [6.07, 6.45) is 3.04. The second-order valence-corrected chi connectivity index (χ2v) is 7.51. The third kappa shape index (κ3) is 3.96. The number of aromatic nitrogens is 1. The van der Waals surface area contributed by atoms with Gasteiger partial charge in [0.05, 0.1) is 5.69 Å². The summed E-state index contributed by atoms with van der Waals surface area (Å²) in [7, 11) is 2.21. The number of aliphatic carboxylic acids is 1. The maximum atomic E-state index is 10.9. The molecule has 1 N–H and O–H groups in total. The molecule has 0 bridgehead atoms. The molecule has 1 aromatic heterocycles. The molecule has 27 heavy (non-hydrogen) atoms. The summed E-state index contributed by atoms with van der Waals surface area (Å²) in [6, 6.07) is 12.4. The third-order valence-electron chi connectivity index (χ3n) is 5.67. The molecule has 0 spiro atoms. The van der Waals surface area contributed by atoms with Gasteiger partial charge in [0.25, 0.3) is 0 Å². The second-order valence-electron chi connectivity index (χ2n) is 7.51. The van der Waals surface area contributed by atoms with Crippen molar-refractivity contribution in [1.29, 1.82) is 0 Å². The lowest BCUT2D eigenvalue weighted by molar-refractivity contribution is -0.139. The predicted molar refractivity (Wildman–Crippen MR) is 103 cm³/mol. The van der Waals surface area contributed by atoms with Gasteiger partial charge in [0.1, 0.15) is 5.75 Å². The van der Waals surface area contributed by atoms with E-state index in [1.165, 1.54) is 13.0 Å². The van der Waals surface area contributed by atoms with Gasteiger partial charge >= 0.3 is 5.97 Å². The first-order chi connectivity index (χ1) is 13.1. The molecule has 2 aromatic rings. The number of likely N-dealkylation sites (tertiary alicyclic amines) is 2. The monoisotopic (exact) mass is 367 g/mol. The van der Waals surface area contributed by atoms with E-state index in [2.05, 4.69) is 27.9 Å². The van der Waals surface area contributed by atoms with E-state index in [1.807, 2.05) is 30.3 Å². The largest absolute Gasteiger partial charge is 0.482 e. The SMILES string of the molecule is CN1CC[C@H]2CN(Cc3cc(-c4ccccn4)ccc3OCC(=O)O)C[C@H]21. The van der Waals surface area contributed by atoms with Crippen molar-refractivity contribution in [1.82, 2.24) is 14.8 Å². The molecular weight excluding hydrogens is 342 g/mol. The molecule has 6 nitrogen and oxygen atoms in total. The van der Waals surface area contributed by atoms with Crippen LogP contribution in [0.2, 0.25) is 0 Å². The quantitative estimate of drug-likeness (QED) is 0.845. The maximum Gasteiger partial charge on any atom is 0.341 e. The molecule has 3 heterocycles. The zero-order valence-corrected chi connectivity index (χ0v) is 15.5. The van der Waals surface area contributed by atoms with E-state index in [4.69, 9.17) is 9.84 Å². The van der Waals surface area contributed by atoms with Gasteiger partial charge in [-0.1, -0.05) is 6.07 Å². The van der Waals surface area contributed by atoms with Gasteiger partial charge in [0.2, 0.25) is 0 Å². The minimum Gasteiger partial charge on any atom is -0.482 e. The molecule has 0 amide bonds. The highest BCUT2D eigenvalue weighted by Crippen LogP contribution is 2.33. The lowest BCUT2D eigenvalue weighted by Gasteiger charge is -2.22. The number of hydrogen-bond donors (Lipinski definition) is 1. The molecule has 0 saturated carbocycles. The highest BCUT2D eigenvalue weighted by atomic mass is 16.5. The van der Waals surface area contributed by atoms with Crippen molar-refractivity contribution < 1.29 is 14.6 Å². The average Bonchev–Trinajstić information content (AvgIpc) is 3.22. The molecule has 0 aliphatic carbocycles. The van der Waals surface area contributed by atoms with Crippen LogP contribution in [0, 0.1) is 5.92 Å². The molecule has 2 aliphatic rings. The van der Waals surface area contributed by atoms with Gasteiger partial charge in [-0.2, -0.15) is 0 Å². The van der Waals surface area contributed by atoms with E-state index in [0.29, 0.717) is 11.8 Å². The first-order valence-electron chi connectivity index (χ1n) is 9.41. The molecule has 2 saturated heterocycles. The number of carbonyl (C=O) groups is 1. The molecule has 2 fully saturated rings. The van der Waals surface area contributed by atoms with E-state index < -0.39 is 5.97 Å². The number of benzene rings is 1. The molecule has 0 radical (unpaired) electrons. The normalized spacial score (nSPS) is 22.7. The van der Waals surface area contributed by atoms with Gasteiger partial charge in [-0.05, 0) is 56.3 Å². The van der Waals surface area contributed by atoms with Gasteiger partial charge in [0.15, 0.2) is 6.61 Å².